The molecule has 1 atom stereocenters. The van der Waals surface area contributed by atoms with E-state index in [0.29, 0.717) is 0 Å². The zero-order valence-electron chi connectivity index (χ0n) is 12.5. The zero-order chi connectivity index (χ0) is 15.7. The van der Waals surface area contributed by atoms with Crippen LogP contribution in [0.4, 0.5) is 8.78 Å². The number of halogens is 2. The summed E-state index contributed by atoms with van der Waals surface area (Å²) in [6.07, 6.45) is -0.134. The standard InChI is InChI=1S/C15H21F2NO2/c1-9-6-7-10(12(17)11(9)16)8-15(5,18)13(19)20-14(2,3)4/h6-7H,8,18H2,1-5H3. The molecule has 0 fully saturated rings. The molecule has 0 bridgehead atoms. The Hall–Kier alpha value is -1.49. The minimum absolute atomic E-state index is 0.0592. The Kier molecular flexibility index (Phi) is 4.54. The number of ether oxygens (including phenoxy) is 1. The molecule has 0 aliphatic carbocycles. The molecule has 0 saturated heterocycles. The number of rotatable bonds is 3. The molecular formula is C15H21F2NO2. The van der Waals surface area contributed by atoms with Crippen LogP contribution in [0.25, 0.3) is 0 Å². The topological polar surface area (TPSA) is 52.3 Å². The first-order valence-corrected chi connectivity index (χ1v) is 6.40. The lowest BCUT2D eigenvalue weighted by atomic mass is 9.92. The van der Waals surface area contributed by atoms with Gasteiger partial charge in [0.15, 0.2) is 11.6 Å². The number of carbonyl (C=O) groups excluding carboxylic acids is 1. The maximum Gasteiger partial charge on any atom is 0.326 e. The van der Waals surface area contributed by atoms with E-state index in [-0.39, 0.29) is 17.5 Å². The van der Waals surface area contributed by atoms with Crippen molar-refractivity contribution in [3.8, 4) is 0 Å². The highest BCUT2D eigenvalue weighted by Crippen LogP contribution is 2.21. The van der Waals surface area contributed by atoms with E-state index in [4.69, 9.17) is 10.5 Å². The van der Waals surface area contributed by atoms with Gasteiger partial charge in [0.05, 0.1) is 0 Å². The van der Waals surface area contributed by atoms with Crippen LogP contribution in [0.15, 0.2) is 12.1 Å². The molecule has 20 heavy (non-hydrogen) atoms. The van der Waals surface area contributed by atoms with Crippen LogP contribution in [-0.4, -0.2) is 17.1 Å². The molecule has 5 heteroatoms. The Balaban J connectivity index is 2.97. The third-order valence-electron chi connectivity index (χ3n) is 2.78. The molecule has 1 aromatic rings. The Morgan fingerprint density at radius 3 is 2.25 bits per heavy atom. The second-order valence-corrected chi connectivity index (χ2v) is 6.27. The van der Waals surface area contributed by atoms with Gasteiger partial charge in [-0.2, -0.15) is 0 Å². The third-order valence-corrected chi connectivity index (χ3v) is 2.78. The minimum Gasteiger partial charge on any atom is -0.459 e. The van der Waals surface area contributed by atoms with E-state index in [1.807, 2.05) is 0 Å². The van der Waals surface area contributed by atoms with Gasteiger partial charge in [0.2, 0.25) is 0 Å². The van der Waals surface area contributed by atoms with Crippen LogP contribution < -0.4 is 5.73 Å². The summed E-state index contributed by atoms with van der Waals surface area (Å²) in [6, 6.07) is 2.89. The summed E-state index contributed by atoms with van der Waals surface area (Å²) >= 11 is 0. The number of esters is 1. The van der Waals surface area contributed by atoms with Crippen molar-refractivity contribution < 1.29 is 18.3 Å². The first-order chi connectivity index (χ1) is 8.94. The van der Waals surface area contributed by atoms with Gasteiger partial charge >= 0.3 is 5.97 Å². The van der Waals surface area contributed by atoms with E-state index >= 15 is 0 Å². The van der Waals surface area contributed by atoms with Gasteiger partial charge in [-0.1, -0.05) is 12.1 Å². The predicted octanol–water partition coefficient (Wildman–Crippen LogP) is 2.87. The van der Waals surface area contributed by atoms with Crippen molar-refractivity contribution in [3.05, 3.63) is 34.9 Å². The molecule has 1 rings (SSSR count). The first kappa shape index (κ1) is 16.6. The van der Waals surface area contributed by atoms with Crippen molar-refractivity contribution in [1.29, 1.82) is 0 Å². The van der Waals surface area contributed by atoms with Crippen molar-refractivity contribution in [2.24, 2.45) is 5.73 Å². The van der Waals surface area contributed by atoms with Gasteiger partial charge in [0.25, 0.3) is 0 Å². The average molecular weight is 285 g/mol. The van der Waals surface area contributed by atoms with Gasteiger partial charge in [0, 0.05) is 6.42 Å². The lowest BCUT2D eigenvalue weighted by Crippen LogP contribution is -2.50. The van der Waals surface area contributed by atoms with Gasteiger partial charge in [-0.15, -0.1) is 0 Å². The number of carbonyl (C=O) groups is 1. The highest BCUT2D eigenvalue weighted by atomic mass is 19.2. The summed E-state index contributed by atoms with van der Waals surface area (Å²) < 4.78 is 32.5. The summed E-state index contributed by atoms with van der Waals surface area (Å²) in [5.41, 5.74) is 4.06. The molecule has 0 aromatic heterocycles. The van der Waals surface area contributed by atoms with Crippen LogP contribution in [0.2, 0.25) is 0 Å². The summed E-state index contributed by atoms with van der Waals surface area (Å²) in [4.78, 5) is 12.0. The number of hydrogen-bond acceptors (Lipinski definition) is 3. The highest BCUT2D eigenvalue weighted by molar-refractivity contribution is 5.80. The summed E-state index contributed by atoms with van der Waals surface area (Å²) in [7, 11) is 0. The molecule has 2 N–H and O–H groups in total. The maximum absolute atomic E-state index is 13.8. The summed E-state index contributed by atoms with van der Waals surface area (Å²) in [6.45, 7) is 8.06. The largest absolute Gasteiger partial charge is 0.459 e. The normalized spacial score (nSPS) is 14.8. The Morgan fingerprint density at radius 1 is 1.20 bits per heavy atom. The molecule has 1 unspecified atom stereocenters. The second kappa shape index (κ2) is 5.48. The summed E-state index contributed by atoms with van der Waals surface area (Å²) in [5.74, 6) is -2.53. The van der Waals surface area contributed by atoms with Crippen LogP contribution >= 0.6 is 0 Å². The highest BCUT2D eigenvalue weighted by Gasteiger charge is 2.34. The Bertz CT molecular complexity index is 519. The zero-order valence-corrected chi connectivity index (χ0v) is 12.5. The second-order valence-electron chi connectivity index (χ2n) is 6.27. The third kappa shape index (κ3) is 4.00. The van der Waals surface area contributed by atoms with Gasteiger partial charge in [-0.05, 0) is 45.7 Å². The molecule has 0 radical (unpaired) electrons. The number of benzene rings is 1. The van der Waals surface area contributed by atoms with E-state index in [9.17, 15) is 13.6 Å². The predicted molar refractivity (Wildman–Crippen MR) is 73.2 cm³/mol. The molecule has 0 saturated carbocycles. The Morgan fingerprint density at radius 2 is 1.75 bits per heavy atom. The number of hydrogen-bond donors (Lipinski definition) is 1. The molecule has 3 nitrogen and oxygen atoms in total. The van der Waals surface area contributed by atoms with E-state index in [1.165, 1.54) is 26.0 Å². The van der Waals surface area contributed by atoms with Crippen LogP contribution in [-0.2, 0) is 16.0 Å². The van der Waals surface area contributed by atoms with Crippen LogP contribution in [0.1, 0.15) is 38.8 Å². The fourth-order valence-electron chi connectivity index (χ4n) is 1.68. The molecule has 0 aliphatic heterocycles. The van der Waals surface area contributed by atoms with E-state index < -0.39 is 28.7 Å². The van der Waals surface area contributed by atoms with Gasteiger partial charge in [-0.25, -0.2) is 8.78 Å². The smallest absolute Gasteiger partial charge is 0.326 e. The van der Waals surface area contributed by atoms with E-state index in [2.05, 4.69) is 0 Å². The number of aryl methyl sites for hydroxylation is 1. The summed E-state index contributed by atoms with van der Waals surface area (Å²) in [5, 5.41) is 0. The van der Waals surface area contributed by atoms with Crippen molar-refractivity contribution in [2.75, 3.05) is 0 Å². The van der Waals surface area contributed by atoms with Crippen molar-refractivity contribution in [2.45, 2.75) is 52.2 Å². The molecule has 112 valence electrons. The fourth-order valence-corrected chi connectivity index (χ4v) is 1.68. The minimum atomic E-state index is -1.42. The molecule has 0 amide bonds. The quantitative estimate of drug-likeness (QED) is 0.869. The van der Waals surface area contributed by atoms with Gasteiger partial charge in [-0.3, -0.25) is 4.79 Å². The SMILES string of the molecule is Cc1ccc(CC(C)(N)C(=O)OC(C)(C)C)c(F)c1F. The maximum atomic E-state index is 13.8. The molecular weight excluding hydrogens is 264 g/mol. The average Bonchev–Trinajstić information content (AvgIpc) is 2.28. The monoisotopic (exact) mass is 285 g/mol. The van der Waals surface area contributed by atoms with E-state index in [0.717, 1.165) is 0 Å². The van der Waals surface area contributed by atoms with Crippen molar-refractivity contribution >= 4 is 5.97 Å². The Labute approximate surface area is 118 Å². The van der Waals surface area contributed by atoms with E-state index in [1.54, 1.807) is 20.8 Å². The number of nitrogens with two attached hydrogens (primary N) is 1. The van der Waals surface area contributed by atoms with Crippen LogP contribution in [0.3, 0.4) is 0 Å². The lowest BCUT2D eigenvalue weighted by Gasteiger charge is -2.28. The molecule has 0 aliphatic rings. The van der Waals surface area contributed by atoms with Crippen molar-refractivity contribution in [3.63, 3.8) is 0 Å². The fraction of sp³-hybridized carbons (Fsp3) is 0.533. The van der Waals surface area contributed by atoms with Gasteiger partial charge in [0.1, 0.15) is 11.1 Å². The molecule has 0 spiro atoms. The lowest BCUT2D eigenvalue weighted by molar-refractivity contribution is -0.160. The van der Waals surface area contributed by atoms with Crippen molar-refractivity contribution in [1.82, 2.24) is 0 Å². The molecule has 1 aromatic carbocycles. The van der Waals surface area contributed by atoms with Gasteiger partial charge < -0.3 is 10.5 Å². The van der Waals surface area contributed by atoms with Crippen LogP contribution in [0.5, 0.6) is 0 Å². The molecule has 0 heterocycles. The first-order valence-electron chi connectivity index (χ1n) is 6.40. The van der Waals surface area contributed by atoms with Crippen LogP contribution in [0, 0.1) is 18.6 Å².